The monoisotopic (exact) mass is 324 g/mol. The molecule has 120 valence electrons. The van der Waals surface area contributed by atoms with E-state index in [1.807, 2.05) is 4.57 Å². The van der Waals surface area contributed by atoms with Gasteiger partial charge in [-0.25, -0.2) is 9.78 Å². The number of H-pyrrole nitrogens is 1. The van der Waals surface area contributed by atoms with Gasteiger partial charge in [0.25, 0.3) is 5.56 Å². The number of aromatic amines is 1. The lowest BCUT2D eigenvalue weighted by atomic mass is 10.1. The number of nitrogens with zero attached hydrogens (tertiary/aromatic N) is 3. The second-order valence-corrected chi connectivity index (χ2v) is 6.97. The van der Waals surface area contributed by atoms with Crippen LogP contribution in [0.5, 0.6) is 0 Å². The molecular formula is C14H20N4O3S. The molecule has 0 spiro atoms. The molecule has 1 fully saturated rings. The average Bonchev–Trinajstić information content (AvgIpc) is 3.20. The Bertz CT molecular complexity index is 801. The Morgan fingerprint density at radius 3 is 2.82 bits per heavy atom. The summed E-state index contributed by atoms with van der Waals surface area (Å²) in [7, 11) is 1.62. The number of aryl methyl sites for hydroxylation is 2. The molecule has 8 heteroatoms. The van der Waals surface area contributed by atoms with Crippen LogP contribution in [0.15, 0.2) is 14.7 Å². The van der Waals surface area contributed by atoms with Crippen molar-refractivity contribution >= 4 is 22.9 Å². The molecule has 7 nitrogen and oxygen atoms in total. The molecule has 0 saturated carbocycles. The number of ether oxygens (including phenoxy) is 1. The first-order valence-corrected chi connectivity index (χ1v) is 8.40. The zero-order valence-corrected chi connectivity index (χ0v) is 13.8. The first-order valence-electron chi connectivity index (χ1n) is 7.41. The quantitative estimate of drug-likeness (QED) is 0.632. The van der Waals surface area contributed by atoms with E-state index in [0.717, 1.165) is 23.9 Å². The van der Waals surface area contributed by atoms with Crippen molar-refractivity contribution in [1.29, 1.82) is 0 Å². The summed E-state index contributed by atoms with van der Waals surface area (Å²) in [6.45, 7) is 5.79. The van der Waals surface area contributed by atoms with Crippen LogP contribution in [0.2, 0.25) is 0 Å². The molecule has 0 radical (unpaired) electrons. The van der Waals surface area contributed by atoms with Gasteiger partial charge in [0.05, 0.1) is 12.7 Å². The third kappa shape index (κ3) is 2.98. The number of thioether (sulfide) groups is 1. The molecule has 1 aliphatic heterocycles. The number of hydrogen-bond donors (Lipinski definition) is 1. The summed E-state index contributed by atoms with van der Waals surface area (Å²) in [6, 6.07) is 0. The lowest BCUT2D eigenvalue weighted by Gasteiger charge is -2.09. The number of hydrogen-bond acceptors (Lipinski definition) is 5. The van der Waals surface area contributed by atoms with Crippen LogP contribution < -0.4 is 11.2 Å². The molecule has 0 aromatic carbocycles. The fourth-order valence-corrected chi connectivity index (χ4v) is 3.27. The second-order valence-electron chi connectivity index (χ2n) is 5.99. The van der Waals surface area contributed by atoms with Crippen molar-refractivity contribution < 1.29 is 4.74 Å². The van der Waals surface area contributed by atoms with Crippen molar-refractivity contribution in [2.45, 2.75) is 38.1 Å². The Labute approximate surface area is 131 Å². The smallest absolute Gasteiger partial charge is 0.329 e. The number of nitrogens with one attached hydrogen (secondary N) is 1. The lowest BCUT2D eigenvalue weighted by molar-refractivity contribution is 0.426. The fourth-order valence-electron chi connectivity index (χ4n) is 2.25. The Morgan fingerprint density at radius 2 is 2.18 bits per heavy atom. The molecule has 22 heavy (non-hydrogen) atoms. The van der Waals surface area contributed by atoms with E-state index in [0.29, 0.717) is 23.6 Å². The maximum absolute atomic E-state index is 12.2. The van der Waals surface area contributed by atoms with Crippen molar-refractivity contribution in [3.8, 4) is 0 Å². The molecule has 0 amide bonds. The van der Waals surface area contributed by atoms with E-state index < -0.39 is 5.69 Å². The Balaban J connectivity index is 2.07. The predicted octanol–water partition coefficient (Wildman–Crippen LogP) is 0.960. The van der Waals surface area contributed by atoms with Crippen LogP contribution in [0.1, 0.15) is 20.3 Å². The van der Waals surface area contributed by atoms with Crippen LogP contribution in [-0.4, -0.2) is 37.6 Å². The topological polar surface area (TPSA) is 85.2 Å². The van der Waals surface area contributed by atoms with E-state index >= 15 is 0 Å². The van der Waals surface area contributed by atoms with Gasteiger partial charge in [-0.2, -0.15) is 0 Å². The summed E-state index contributed by atoms with van der Waals surface area (Å²) >= 11 is 1.58. The molecule has 1 N–H and O–H groups in total. The largest absolute Gasteiger partial charge is 0.372 e. The van der Waals surface area contributed by atoms with Gasteiger partial charge in [0.1, 0.15) is 0 Å². The van der Waals surface area contributed by atoms with Gasteiger partial charge in [0, 0.05) is 19.3 Å². The highest BCUT2D eigenvalue weighted by molar-refractivity contribution is 7.99. The van der Waals surface area contributed by atoms with Gasteiger partial charge in [0.15, 0.2) is 16.3 Å². The Hall–Kier alpha value is -1.54. The van der Waals surface area contributed by atoms with Gasteiger partial charge in [-0.3, -0.25) is 14.3 Å². The van der Waals surface area contributed by atoms with Gasteiger partial charge in [-0.15, -0.1) is 0 Å². The molecular weight excluding hydrogens is 304 g/mol. The molecule has 0 unspecified atom stereocenters. The number of rotatable bonds is 6. The van der Waals surface area contributed by atoms with E-state index in [9.17, 15) is 9.59 Å². The number of imidazole rings is 1. The molecule has 1 saturated heterocycles. The van der Waals surface area contributed by atoms with Crippen molar-refractivity contribution in [2.24, 2.45) is 13.0 Å². The Morgan fingerprint density at radius 1 is 1.45 bits per heavy atom. The third-order valence-electron chi connectivity index (χ3n) is 3.70. The zero-order valence-electron chi connectivity index (χ0n) is 13.0. The summed E-state index contributed by atoms with van der Waals surface area (Å²) in [5.41, 5.74) is 0.107. The maximum atomic E-state index is 12.2. The SMILES string of the molecule is CC(C)CCn1c(SC[C@H]2CO2)nc2c1c(=O)[nH]c(=O)n2C. The van der Waals surface area contributed by atoms with E-state index in [1.165, 1.54) is 4.57 Å². The lowest BCUT2D eigenvalue weighted by Crippen LogP contribution is -2.29. The highest BCUT2D eigenvalue weighted by atomic mass is 32.2. The molecule has 2 aromatic heterocycles. The van der Waals surface area contributed by atoms with Crippen molar-refractivity contribution in [2.75, 3.05) is 12.4 Å². The normalized spacial score (nSPS) is 17.5. The molecule has 0 bridgehead atoms. The van der Waals surface area contributed by atoms with Crippen molar-refractivity contribution in [3.63, 3.8) is 0 Å². The van der Waals surface area contributed by atoms with Gasteiger partial charge in [0.2, 0.25) is 0 Å². The van der Waals surface area contributed by atoms with Crippen LogP contribution in [0.3, 0.4) is 0 Å². The van der Waals surface area contributed by atoms with E-state index in [-0.39, 0.29) is 11.7 Å². The van der Waals surface area contributed by atoms with E-state index in [4.69, 9.17) is 4.74 Å². The minimum Gasteiger partial charge on any atom is -0.372 e. The molecule has 1 aliphatic rings. The van der Waals surface area contributed by atoms with Gasteiger partial charge < -0.3 is 9.30 Å². The van der Waals surface area contributed by atoms with Crippen LogP contribution >= 0.6 is 11.8 Å². The highest BCUT2D eigenvalue weighted by Gasteiger charge is 2.25. The molecule has 1 atom stereocenters. The maximum Gasteiger partial charge on any atom is 0.329 e. The van der Waals surface area contributed by atoms with E-state index in [2.05, 4.69) is 23.8 Å². The molecule has 3 heterocycles. The number of epoxide rings is 1. The minimum absolute atomic E-state index is 0.283. The summed E-state index contributed by atoms with van der Waals surface area (Å²) in [6.07, 6.45) is 1.23. The standard InChI is InChI=1S/C14H20N4O3S/c1-8(2)4-5-18-10-11(17(3)13(20)16-12(10)19)15-14(18)22-7-9-6-21-9/h8-9H,4-7H2,1-3H3,(H,16,19,20)/t9-/m1/s1. The minimum atomic E-state index is -0.437. The fraction of sp³-hybridized carbons (Fsp3) is 0.643. The van der Waals surface area contributed by atoms with Crippen LogP contribution in [0.25, 0.3) is 11.2 Å². The van der Waals surface area contributed by atoms with Gasteiger partial charge >= 0.3 is 5.69 Å². The number of fused-ring (bicyclic) bond motifs is 1. The first kappa shape index (κ1) is 15.4. The van der Waals surface area contributed by atoms with E-state index in [1.54, 1.807) is 18.8 Å². The predicted molar refractivity (Wildman–Crippen MR) is 85.5 cm³/mol. The summed E-state index contributed by atoms with van der Waals surface area (Å²) in [5.74, 6) is 1.34. The average molecular weight is 324 g/mol. The molecule has 0 aliphatic carbocycles. The summed E-state index contributed by atoms with van der Waals surface area (Å²) in [4.78, 5) is 30.8. The molecule has 3 rings (SSSR count). The van der Waals surface area contributed by atoms with Crippen LogP contribution in [-0.2, 0) is 18.3 Å². The third-order valence-corrected chi connectivity index (χ3v) is 4.81. The summed E-state index contributed by atoms with van der Waals surface area (Å²) in [5, 5.41) is 0.776. The van der Waals surface area contributed by atoms with Crippen molar-refractivity contribution in [3.05, 3.63) is 20.8 Å². The van der Waals surface area contributed by atoms with Gasteiger partial charge in [-0.05, 0) is 12.3 Å². The second kappa shape index (κ2) is 5.92. The van der Waals surface area contributed by atoms with Crippen molar-refractivity contribution in [1.82, 2.24) is 19.1 Å². The number of aromatic nitrogens is 4. The van der Waals surface area contributed by atoms with Gasteiger partial charge in [-0.1, -0.05) is 25.6 Å². The Kier molecular flexibility index (Phi) is 4.14. The zero-order chi connectivity index (χ0) is 15.9. The highest BCUT2D eigenvalue weighted by Crippen LogP contribution is 2.26. The van der Waals surface area contributed by atoms with Crippen LogP contribution in [0, 0.1) is 5.92 Å². The summed E-state index contributed by atoms with van der Waals surface area (Å²) < 4.78 is 8.55. The van der Waals surface area contributed by atoms with Crippen LogP contribution in [0.4, 0.5) is 0 Å². The molecule has 2 aromatic rings. The first-order chi connectivity index (χ1) is 10.5.